The summed E-state index contributed by atoms with van der Waals surface area (Å²) in [7, 11) is 0. The van der Waals surface area contributed by atoms with E-state index in [4.69, 9.17) is 11.6 Å². The zero-order valence-corrected chi connectivity index (χ0v) is 12.9. The molecule has 0 atom stereocenters. The molecule has 2 heterocycles. The normalized spacial score (nSPS) is 11.8. The summed E-state index contributed by atoms with van der Waals surface area (Å²) in [6.45, 7) is 6.56. The predicted octanol–water partition coefficient (Wildman–Crippen LogP) is 4.59. The van der Waals surface area contributed by atoms with E-state index in [0.29, 0.717) is 5.69 Å². The van der Waals surface area contributed by atoms with Crippen molar-refractivity contribution >= 4 is 40.1 Å². The van der Waals surface area contributed by atoms with Gasteiger partial charge in [-0.3, -0.25) is 4.79 Å². The molecule has 0 amide bonds. The van der Waals surface area contributed by atoms with Crippen molar-refractivity contribution in [1.82, 2.24) is 4.98 Å². The Morgan fingerprint density at radius 3 is 2.67 bits per heavy atom. The zero-order valence-electron chi connectivity index (χ0n) is 10.5. The number of aromatic nitrogens is 1. The topological polar surface area (TPSA) is 30.0 Å². The first-order chi connectivity index (χ1) is 8.41. The number of Topliss-reactive ketones (excluding diaryl/α,β-unsaturated/α-hetero) is 1. The van der Waals surface area contributed by atoms with E-state index in [0.717, 1.165) is 9.88 Å². The smallest absolute Gasteiger partial charge is 0.196 e. The number of hydrogen-bond acceptors (Lipinski definition) is 4. The van der Waals surface area contributed by atoms with E-state index in [1.165, 1.54) is 16.2 Å². The molecule has 0 bridgehead atoms. The number of alkyl halides is 1. The predicted molar refractivity (Wildman–Crippen MR) is 79.2 cm³/mol. The quantitative estimate of drug-likeness (QED) is 0.613. The molecule has 2 aromatic heterocycles. The lowest BCUT2D eigenvalue weighted by molar-refractivity contribution is 0.101. The lowest BCUT2D eigenvalue weighted by Crippen LogP contribution is -2.07. The van der Waals surface area contributed by atoms with Crippen molar-refractivity contribution in [3.8, 4) is 9.88 Å². The Kier molecular flexibility index (Phi) is 3.90. The molecule has 0 saturated heterocycles. The molecule has 96 valence electrons. The minimum absolute atomic E-state index is 0.0130. The van der Waals surface area contributed by atoms with Crippen molar-refractivity contribution < 1.29 is 4.79 Å². The molecular weight excluding hydrogens is 286 g/mol. The first kappa shape index (κ1) is 13.7. The monoisotopic (exact) mass is 299 g/mol. The van der Waals surface area contributed by atoms with Gasteiger partial charge in [0, 0.05) is 10.3 Å². The maximum atomic E-state index is 11.4. The molecule has 2 aromatic rings. The Labute approximate surface area is 120 Å². The van der Waals surface area contributed by atoms with Gasteiger partial charge in [0.25, 0.3) is 0 Å². The van der Waals surface area contributed by atoms with E-state index in [9.17, 15) is 4.79 Å². The highest BCUT2D eigenvalue weighted by Gasteiger charge is 2.18. The van der Waals surface area contributed by atoms with Gasteiger partial charge in [-0.25, -0.2) is 4.98 Å². The van der Waals surface area contributed by atoms with E-state index in [1.807, 2.05) is 0 Å². The van der Waals surface area contributed by atoms with Crippen molar-refractivity contribution in [2.75, 3.05) is 5.88 Å². The van der Waals surface area contributed by atoms with Crippen molar-refractivity contribution in [2.45, 2.75) is 26.2 Å². The molecule has 18 heavy (non-hydrogen) atoms. The summed E-state index contributed by atoms with van der Waals surface area (Å²) in [5.41, 5.74) is 0.616. The molecule has 0 aromatic carbocycles. The first-order valence-corrected chi connectivity index (χ1v) is 7.80. The summed E-state index contributed by atoms with van der Waals surface area (Å²) in [5.74, 6) is -0.132. The molecule has 0 fully saturated rings. The maximum Gasteiger partial charge on any atom is 0.196 e. The Morgan fingerprint density at radius 1 is 1.39 bits per heavy atom. The number of nitrogens with zero attached hydrogens (tertiary/aromatic N) is 1. The van der Waals surface area contributed by atoms with Crippen LogP contribution >= 0.6 is 34.3 Å². The average molecular weight is 300 g/mol. The van der Waals surface area contributed by atoms with Gasteiger partial charge in [-0.1, -0.05) is 20.8 Å². The van der Waals surface area contributed by atoms with Gasteiger partial charge < -0.3 is 0 Å². The van der Waals surface area contributed by atoms with Crippen LogP contribution in [-0.4, -0.2) is 16.6 Å². The van der Waals surface area contributed by atoms with Crippen LogP contribution < -0.4 is 0 Å². The second-order valence-corrected chi connectivity index (χ2v) is 7.22. The Bertz CT molecular complexity index is 566. The molecule has 0 aliphatic carbocycles. The molecule has 2 rings (SSSR count). The third-order valence-electron chi connectivity index (χ3n) is 2.47. The van der Waals surface area contributed by atoms with Crippen molar-refractivity contribution in [2.24, 2.45) is 0 Å². The minimum atomic E-state index is -0.119. The highest BCUT2D eigenvalue weighted by molar-refractivity contribution is 7.21. The van der Waals surface area contributed by atoms with E-state index in [2.05, 4.69) is 37.9 Å². The second kappa shape index (κ2) is 5.11. The van der Waals surface area contributed by atoms with E-state index in [1.54, 1.807) is 16.7 Å². The van der Waals surface area contributed by atoms with Gasteiger partial charge in [0.2, 0.25) is 0 Å². The summed E-state index contributed by atoms with van der Waals surface area (Å²) in [5, 5.41) is 2.67. The van der Waals surface area contributed by atoms with E-state index >= 15 is 0 Å². The largest absolute Gasteiger partial charge is 0.291 e. The van der Waals surface area contributed by atoms with Crippen molar-refractivity contribution in [3.63, 3.8) is 0 Å². The van der Waals surface area contributed by atoms with Crippen LogP contribution in [-0.2, 0) is 5.41 Å². The number of hydrogen-bond donors (Lipinski definition) is 0. The number of rotatable bonds is 3. The Morgan fingerprint density at radius 2 is 2.11 bits per heavy atom. The average Bonchev–Trinajstić information content (AvgIpc) is 2.94. The van der Waals surface area contributed by atoms with Crippen LogP contribution in [0.2, 0.25) is 0 Å². The third kappa shape index (κ3) is 2.82. The number of thiazole rings is 1. The summed E-state index contributed by atoms with van der Waals surface area (Å²) in [6, 6.07) is 4.20. The Hall–Kier alpha value is -0.710. The van der Waals surface area contributed by atoms with Crippen LogP contribution in [0, 0.1) is 0 Å². The molecular formula is C13H14ClNOS2. The first-order valence-electron chi connectivity index (χ1n) is 5.57. The van der Waals surface area contributed by atoms with Crippen LogP contribution in [0.3, 0.4) is 0 Å². The number of carbonyl (C=O) groups excluding carboxylic acids is 1. The Balaban J connectivity index is 2.30. The minimum Gasteiger partial charge on any atom is -0.291 e. The van der Waals surface area contributed by atoms with E-state index in [-0.39, 0.29) is 17.1 Å². The van der Waals surface area contributed by atoms with Crippen molar-refractivity contribution in [3.05, 3.63) is 28.1 Å². The van der Waals surface area contributed by atoms with Gasteiger partial charge in [0.1, 0.15) is 10.7 Å². The molecule has 0 radical (unpaired) electrons. The summed E-state index contributed by atoms with van der Waals surface area (Å²) in [6.07, 6.45) is 0. The number of ketones is 1. The number of carbonyl (C=O) groups is 1. The third-order valence-corrected chi connectivity index (χ3v) is 5.23. The summed E-state index contributed by atoms with van der Waals surface area (Å²) < 4.78 is 0. The maximum absolute atomic E-state index is 11.4. The van der Waals surface area contributed by atoms with Gasteiger partial charge in [0.15, 0.2) is 5.78 Å². The fourth-order valence-corrected chi connectivity index (χ4v) is 3.54. The van der Waals surface area contributed by atoms with Crippen molar-refractivity contribution in [1.29, 1.82) is 0 Å². The van der Waals surface area contributed by atoms with Gasteiger partial charge in [-0.05, 0) is 17.5 Å². The summed E-state index contributed by atoms with van der Waals surface area (Å²) in [4.78, 5) is 18.2. The van der Waals surface area contributed by atoms with Gasteiger partial charge in [0.05, 0.1) is 10.8 Å². The van der Waals surface area contributed by atoms with E-state index < -0.39 is 0 Å². The standard InChI is InChI=1S/C13H14ClNOS2/c1-13(2,3)11-5-4-10(18-11)12-15-8(7-17-12)9(16)6-14/h4-5,7H,6H2,1-3H3. The number of halogens is 1. The highest BCUT2D eigenvalue weighted by atomic mass is 35.5. The molecule has 0 spiro atoms. The van der Waals surface area contributed by atoms with Gasteiger partial charge in [-0.2, -0.15) is 0 Å². The second-order valence-electron chi connectivity index (χ2n) is 5.01. The highest BCUT2D eigenvalue weighted by Crippen LogP contribution is 2.36. The lowest BCUT2D eigenvalue weighted by atomic mass is 9.95. The zero-order chi connectivity index (χ0) is 13.3. The number of thiophene rings is 1. The van der Waals surface area contributed by atoms with Crippen LogP contribution in [0.5, 0.6) is 0 Å². The van der Waals surface area contributed by atoms with Gasteiger partial charge >= 0.3 is 0 Å². The fraction of sp³-hybridized carbons (Fsp3) is 0.385. The molecule has 0 aliphatic rings. The molecule has 0 saturated carbocycles. The van der Waals surface area contributed by atoms with Crippen LogP contribution in [0.4, 0.5) is 0 Å². The molecule has 0 aliphatic heterocycles. The van der Waals surface area contributed by atoms with Crippen LogP contribution in [0.1, 0.15) is 36.1 Å². The molecule has 2 nitrogen and oxygen atoms in total. The molecule has 5 heteroatoms. The molecule has 0 N–H and O–H groups in total. The summed E-state index contributed by atoms with van der Waals surface area (Å²) >= 11 is 8.74. The van der Waals surface area contributed by atoms with Crippen LogP contribution in [0.25, 0.3) is 9.88 Å². The molecule has 0 unspecified atom stereocenters. The van der Waals surface area contributed by atoms with Gasteiger partial charge in [-0.15, -0.1) is 34.3 Å². The fourth-order valence-electron chi connectivity index (χ4n) is 1.44. The lowest BCUT2D eigenvalue weighted by Gasteiger charge is -2.15. The SMILES string of the molecule is CC(C)(C)c1ccc(-c2nc(C(=O)CCl)cs2)s1. The van der Waals surface area contributed by atoms with Crippen LogP contribution in [0.15, 0.2) is 17.5 Å².